The summed E-state index contributed by atoms with van der Waals surface area (Å²) in [7, 11) is 1.31. The lowest BCUT2D eigenvalue weighted by Gasteiger charge is -2.09. The molecule has 1 aliphatic rings. The van der Waals surface area contributed by atoms with Gasteiger partial charge in [0.25, 0.3) is 0 Å². The molecule has 0 saturated carbocycles. The number of oxime groups is 1. The van der Waals surface area contributed by atoms with Crippen molar-refractivity contribution in [1.82, 2.24) is 0 Å². The van der Waals surface area contributed by atoms with E-state index in [0.29, 0.717) is 28.6 Å². The zero-order chi connectivity index (χ0) is 13.1. The fourth-order valence-electron chi connectivity index (χ4n) is 1.71. The summed E-state index contributed by atoms with van der Waals surface area (Å²) < 4.78 is 4.58. The SMILES string of the molecule is COC(=O)C1=NOC(Cc2ccc(Cl)cc2Cl)C1. The van der Waals surface area contributed by atoms with Gasteiger partial charge in [-0.1, -0.05) is 34.4 Å². The molecule has 4 nitrogen and oxygen atoms in total. The van der Waals surface area contributed by atoms with Crippen LogP contribution in [0.15, 0.2) is 23.4 Å². The van der Waals surface area contributed by atoms with Gasteiger partial charge in [-0.3, -0.25) is 0 Å². The van der Waals surface area contributed by atoms with Crippen molar-refractivity contribution >= 4 is 34.9 Å². The molecule has 18 heavy (non-hydrogen) atoms. The van der Waals surface area contributed by atoms with E-state index in [9.17, 15) is 4.79 Å². The van der Waals surface area contributed by atoms with Crippen LogP contribution in [0, 0.1) is 0 Å². The molecule has 0 aromatic heterocycles. The number of rotatable bonds is 3. The maximum atomic E-state index is 11.2. The van der Waals surface area contributed by atoms with Gasteiger partial charge in [-0.15, -0.1) is 0 Å². The summed E-state index contributed by atoms with van der Waals surface area (Å²) in [4.78, 5) is 16.4. The van der Waals surface area contributed by atoms with Gasteiger partial charge in [-0.05, 0) is 17.7 Å². The van der Waals surface area contributed by atoms with Gasteiger partial charge >= 0.3 is 5.97 Å². The highest BCUT2D eigenvalue weighted by Gasteiger charge is 2.27. The van der Waals surface area contributed by atoms with Crippen molar-refractivity contribution in [1.29, 1.82) is 0 Å². The highest BCUT2D eigenvalue weighted by Crippen LogP contribution is 2.25. The average Bonchev–Trinajstić information content (AvgIpc) is 2.80. The Morgan fingerprint density at radius 2 is 2.33 bits per heavy atom. The summed E-state index contributed by atoms with van der Waals surface area (Å²) in [5.74, 6) is -0.459. The Morgan fingerprint density at radius 3 is 3.00 bits per heavy atom. The van der Waals surface area contributed by atoms with Crippen molar-refractivity contribution in [2.75, 3.05) is 7.11 Å². The number of carbonyl (C=O) groups is 1. The third-order valence-corrected chi connectivity index (χ3v) is 3.20. The van der Waals surface area contributed by atoms with Crippen LogP contribution in [0.5, 0.6) is 0 Å². The van der Waals surface area contributed by atoms with E-state index in [2.05, 4.69) is 9.89 Å². The Morgan fingerprint density at radius 1 is 1.56 bits per heavy atom. The zero-order valence-corrected chi connectivity index (χ0v) is 11.2. The topological polar surface area (TPSA) is 47.9 Å². The molecule has 0 aliphatic carbocycles. The van der Waals surface area contributed by atoms with Crippen LogP contribution in [-0.4, -0.2) is 24.9 Å². The van der Waals surface area contributed by atoms with Crippen LogP contribution in [0.25, 0.3) is 0 Å². The molecule has 1 atom stereocenters. The number of carbonyl (C=O) groups excluding carboxylic acids is 1. The fourth-order valence-corrected chi connectivity index (χ4v) is 2.19. The number of halogens is 2. The van der Waals surface area contributed by atoms with Crippen molar-refractivity contribution < 1.29 is 14.4 Å². The summed E-state index contributed by atoms with van der Waals surface area (Å²) in [6, 6.07) is 5.28. The molecular formula is C12H11Cl2NO3. The third-order valence-electron chi connectivity index (χ3n) is 2.62. The smallest absolute Gasteiger partial charge is 0.355 e. The van der Waals surface area contributed by atoms with Crippen LogP contribution in [-0.2, 0) is 20.8 Å². The van der Waals surface area contributed by atoms with Gasteiger partial charge in [0.05, 0.1) is 7.11 Å². The van der Waals surface area contributed by atoms with E-state index in [4.69, 9.17) is 28.0 Å². The molecule has 0 saturated heterocycles. The summed E-state index contributed by atoms with van der Waals surface area (Å²) in [5.41, 5.74) is 1.21. The maximum Gasteiger partial charge on any atom is 0.355 e. The van der Waals surface area contributed by atoms with Crippen molar-refractivity contribution in [3.63, 3.8) is 0 Å². The van der Waals surface area contributed by atoms with Crippen LogP contribution in [0.2, 0.25) is 10.0 Å². The average molecular weight is 288 g/mol. The Balaban J connectivity index is 1.99. The molecule has 1 heterocycles. The Hall–Kier alpha value is -1.26. The van der Waals surface area contributed by atoms with Crippen molar-refractivity contribution in [3.8, 4) is 0 Å². The first kappa shape index (κ1) is 13.2. The monoisotopic (exact) mass is 287 g/mol. The standard InChI is InChI=1S/C12H11Cl2NO3/c1-17-12(16)11-6-9(18-15-11)4-7-2-3-8(13)5-10(7)14/h2-3,5,9H,4,6H2,1H3. The van der Waals surface area contributed by atoms with Crippen LogP contribution in [0.1, 0.15) is 12.0 Å². The minimum absolute atomic E-state index is 0.197. The lowest BCUT2D eigenvalue weighted by molar-refractivity contribution is -0.132. The highest BCUT2D eigenvalue weighted by atomic mass is 35.5. The van der Waals surface area contributed by atoms with Gasteiger partial charge in [0.1, 0.15) is 6.10 Å². The summed E-state index contributed by atoms with van der Waals surface area (Å²) in [6.07, 6.45) is 0.795. The van der Waals surface area contributed by atoms with E-state index in [1.807, 2.05) is 6.07 Å². The fraction of sp³-hybridized carbons (Fsp3) is 0.333. The second-order valence-electron chi connectivity index (χ2n) is 3.90. The predicted molar refractivity (Wildman–Crippen MR) is 69.1 cm³/mol. The first-order chi connectivity index (χ1) is 8.60. The molecule has 0 radical (unpaired) electrons. The number of nitrogens with zero attached hydrogens (tertiary/aromatic N) is 1. The lowest BCUT2D eigenvalue weighted by atomic mass is 10.0. The summed E-state index contributed by atoms with van der Waals surface area (Å²) in [6.45, 7) is 0. The van der Waals surface area contributed by atoms with Crippen LogP contribution in [0.3, 0.4) is 0 Å². The molecule has 0 bridgehead atoms. The second-order valence-corrected chi connectivity index (χ2v) is 4.74. The van der Waals surface area contributed by atoms with Gasteiger partial charge in [0, 0.05) is 22.9 Å². The molecule has 1 aromatic rings. The van der Waals surface area contributed by atoms with E-state index >= 15 is 0 Å². The van der Waals surface area contributed by atoms with Crippen LogP contribution < -0.4 is 0 Å². The number of benzene rings is 1. The summed E-state index contributed by atoms with van der Waals surface area (Å²) in [5, 5.41) is 4.87. The van der Waals surface area contributed by atoms with Crippen molar-refractivity contribution in [2.45, 2.75) is 18.9 Å². The normalized spacial score (nSPS) is 18.2. The number of methoxy groups -OCH3 is 1. The molecule has 2 rings (SSSR count). The molecular weight excluding hydrogens is 277 g/mol. The van der Waals surface area contributed by atoms with E-state index in [0.717, 1.165) is 5.56 Å². The largest absolute Gasteiger partial charge is 0.464 e. The minimum Gasteiger partial charge on any atom is -0.464 e. The molecule has 0 N–H and O–H groups in total. The van der Waals surface area contributed by atoms with Gasteiger partial charge in [0.15, 0.2) is 5.71 Å². The van der Waals surface area contributed by atoms with E-state index in [-0.39, 0.29) is 6.10 Å². The second kappa shape index (κ2) is 5.59. The Kier molecular flexibility index (Phi) is 4.09. The van der Waals surface area contributed by atoms with Crippen molar-refractivity contribution in [3.05, 3.63) is 33.8 Å². The molecule has 1 unspecified atom stereocenters. The number of esters is 1. The van der Waals surface area contributed by atoms with E-state index in [1.54, 1.807) is 12.1 Å². The third kappa shape index (κ3) is 2.94. The molecule has 1 aliphatic heterocycles. The van der Waals surface area contributed by atoms with Crippen LogP contribution in [0.4, 0.5) is 0 Å². The number of ether oxygens (including phenoxy) is 1. The van der Waals surface area contributed by atoms with E-state index in [1.165, 1.54) is 7.11 Å². The number of hydrogen-bond donors (Lipinski definition) is 0. The number of hydrogen-bond acceptors (Lipinski definition) is 4. The van der Waals surface area contributed by atoms with Gasteiger partial charge < -0.3 is 9.57 Å². The molecule has 96 valence electrons. The Labute approximate surface area is 114 Å². The quantitative estimate of drug-likeness (QED) is 0.803. The molecule has 0 amide bonds. The van der Waals surface area contributed by atoms with Gasteiger partial charge in [-0.2, -0.15) is 0 Å². The highest BCUT2D eigenvalue weighted by molar-refractivity contribution is 6.36. The van der Waals surface area contributed by atoms with E-state index < -0.39 is 5.97 Å². The first-order valence-electron chi connectivity index (χ1n) is 5.35. The molecule has 1 aromatic carbocycles. The predicted octanol–water partition coefficient (Wildman–Crippen LogP) is 2.85. The first-order valence-corrected chi connectivity index (χ1v) is 6.10. The van der Waals surface area contributed by atoms with Crippen LogP contribution >= 0.6 is 23.2 Å². The zero-order valence-electron chi connectivity index (χ0n) is 9.65. The molecule has 0 spiro atoms. The minimum atomic E-state index is -0.459. The summed E-state index contributed by atoms with van der Waals surface area (Å²) >= 11 is 11.9. The Bertz CT molecular complexity index is 502. The maximum absolute atomic E-state index is 11.2. The van der Waals surface area contributed by atoms with Gasteiger partial charge in [-0.25, -0.2) is 4.79 Å². The van der Waals surface area contributed by atoms with Crippen molar-refractivity contribution in [2.24, 2.45) is 5.16 Å². The molecule has 0 fully saturated rings. The lowest BCUT2D eigenvalue weighted by Crippen LogP contribution is -2.18. The molecule has 6 heteroatoms. The van der Waals surface area contributed by atoms with Gasteiger partial charge in [0.2, 0.25) is 0 Å².